The molecule has 0 fully saturated rings. The third kappa shape index (κ3) is 4.19. The molecule has 0 aromatic heterocycles. The Morgan fingerprint density at radius 3 is 2.35 bits per heavy atom. The lowest BCUT2D eigenvalue weighted by Crippen LogP contribution is -2.29. The van der Waals surface area contributed by atoms with Crippen LogP contribution in [0.1, 0.15) is 31.9 Å². The number of hydrogen-bond acceptors (Lipinski definition) is 2. The minimum Gasteiger partial charge on any atom is -0.479 e. The second-order valence-corrected chi connectivity index (χ2v) is 4.34. The van der Waals surface area contributed by atoms with Gasteiger partial charge in [-0.2, -0.15) is 0 Å². The van der Waals surface area contributed by atoms with E-state index in [1.165, 1.54) is 5.56 Å². The maximum absolute atomic E-state index is 11.1. The molecule has 3 nitrogen and oxygen atoms in total. The summed E-state index contributed by atoms with van der Waals surface area (Å²) in [6, 6.07) is 7.91. The monoisotopic (exact) mass is 236 g/mol. The Bertz CT molecular complexity index is 371. The molecule has 0 aliphatic heterocycles. The maximum Gasteiger partial charge on any atom is 0.333 e. The van der Waals surface area contributed by atoms with Crippen molar-refractivity contribution in [3.63, 3.8) is 0 Å². The lowest BCUT2D eigenvalue weighted by Gasteiger charge is -2.18. The van der Waals surface area contributed by atoms with Crippen LogP contribution in [-0.2, 0) is 22.4 Å². The van der Waals surface area contributed by atoms with E-state index < -0.39 is 12.1 Å². The third-order valence-corrected chi connectivity index (χ3v) is 2.62. The summed E-state index contributed by atoms with van der Waals surface area (Å²) < 4.78 is 5.42. The Kier molecular flexibility index (Phi) is 5.16. The van der Waals surface area contributed by atoms with Crippen LogP contribution in [0.2, 0.25) is 0 Å². The van der Waals surface area contributed by atoms with Crippen molar-refractivity contribution in [2.75, 3.05) is 0 Å². The molecular weight excluding hydrogens is 216 g/mol. The zero-order valence-corrected chi connectivity index (χ0v) is 10.6. The first-order valence-corrected chi connectivity index (χ1v) is 5.99. The van der Waals surface area contributed by atoms with Gasteiger partial charge >= 0.3 is 5.97 Å². The molecule has 94 valence electrons. The predicted molar refractivity (Wildman–Crippen MR) is 67.2 cm³/mol. The van der Waals surface area contributed by atoms with Gasteiger partial charge in [0.25, 0.3) is 0 Å². The van der Waals surface area contributed by atoms with E-state index in [-0.39, 0.29) is 6.10 Å². The van der Waals surface area contributed by atoms with Gasteiger partial charge in [0, 0.05) is 6.42 Å². The van der Waals surface area contributed by atoms with Crippen LogP contribution in [0.5, 0.6) is 0 Å². The minimum absolute atomic E-state index is 0.0788. The zero-order chi connectivity index (χ0) is 12.8. The number of aryl methyl sites for hydroxylation is 1. The van der Waals surface area contributed by atoms with Gasteiger partial charge in [-0.25, -0.2) is 4.79 Å². The van der Waals surface area contributed by atoms with Crippen LogP contribution < -0.4 is 0 Å². The van der Waals surface area contributed by atoms with E-state index in [2.05, 4.69) is 6.92 Å². The van der Waals surface area contributed by atoms with Gasteiger partial charge in [-0.05, 0) is 31.4 Å². The van der Waals surface area contributed by atoms with Gasteiger partial charge in [-0.1, -0.05) is 31.2 Å². The van der Waals surface area contributed by atoms with Gasteiger partial charge in [0.05, 0.1) is 6.10 Å². The number of benzene rings is 1. The first-order valence-electron chi connectivity index (χ1n) is 5.99. The minimum atomic E-state index is -0.899. The van der Waals surface area contributed by atoms with Gasteiger partial charge in [-0.3, -0.25) is 0 Å². The summed E-state index contributed by atoms with van der Waals surface area (Å²) in [4.78, 5) is 11.1. The largest absolute Gasteiger partial charge is 0.479 e. The Labute approximate surface area is 102 Å². The van der Waals surface area contributed by atoms with E-state index in [0.29, 0.717) is 6.42 Å². The average molecular weight is 236 g/mol. The first-order chi connectivity index (χ1) is 8.04. The molecule has 0 saturated carbocycles. The summed E-state index contributed by atoms with van der Waals surface area (Å²) in [6.45, 7) is 5.77. The van der Waals surface area contributed by atoms with Crippen molar-refractivity contribution in [3.8, 4) is 0 Å². The van der Waals surface area contributed by atoms with Gasteiger partial charge in [0.1, 0.15) is 0 Å². The number of rotatable bonds is 6. The average Bonchev–Trinajstić information content (AvgIpc) is 2.28. The number of carbonyl (C=O) groups is 1. The molecule has 0 aliphatic carbocycles. The second kappa shape index (κ2) is 6.40. The van der Waals surface area contributed by atoms with Crippen LogP contribution in [0.15, 0.2) is 24.3 Å². The van der Waals surface area contributed by atoms with Crippen molar-refractivity contribution in [2.24, 2.45) is 0 Å². The Hall–Kier alpha value is -1.35. The van der Waals surface area contributed by atoms with Gasteiger partial charge in [-0.15, -0.1) is 0 Å². The topological polar surface area (TPSA) is 46.5 Å². The SMILES string of the molecule is CCc1ccccc1C[C@@H](OC(C)C)C(=O)O. The van der Waals surface area contributed by atoms with Crippen molar-refractivity contribution in [3.05, 3.63) is 35.4 Å². The zero-order valence-electron chi connectivity index (χ0n) is 10.6. The molecule has 1 rings (SSSR count). The van der Waals surface area contributed by atoms with Crippen LogP contribution in [0.3, 0.4) is 0 Å². The maximum atomic E-state index is 11.1. The summed E-state index contributed by atoms with van der Waals surface area (Å²) in [5.41, 5.74) is 2.24. The fourth-order valence-electron chi connectivity index (χ4n) is 1.82. The molecule has 0 saturated heterocycles. The standard InChI is InChI=1S/C14H20O3/c1-4-11-7-5-6-8-12(11)9-13(14(15)16)17-10(2)3/h5-8,10,13H,4,9H2,1-3H3,(H,15,16)/t13-/m1/s1. The highest BCUT2D eigenvalue weighted by atomic mass is 16.5. The van der Waals surface area contributed by atoms with Crippen molar-refractivity contribution < 1.29 is 14.6 Å². The van der Waals surface area contributed by atoms with E-state index in [9.17, 15) is 4.79 Å². The Morgan fingerprint density at radius 2 is 1.88 bits per heavy atom. The number of hydrogen-bond donors (Lipinski definition) is 1. The fraction of sp³-hybridized carbons (Fsp3) is 0.500. The number of carboxylic acids is 1. The lowest BCUT2D eigenvalue weighted by atomic mass is 10.00. The molecule has 0 radical (unpaired) electrons. The van der Waals surface area contributed by atoms with Crippen LogP contribution in [0.25, 0.3) is 0 Å². The summed E-state index contributed by atoms with van der Waals surface area (Å²) in [7, 11) is 0. The smallest absolute Gasteiger partial charge is 0.333 e. The normalized spacial score (nSPS) is 12.7. The first kappa shape index (κ1) is 13.7. The van der Waals surface area contributed by atoms with Crippen molar-refractivity contribution >= 4 is 5.97 Å². The fourth-order valence-corrected chi connectivity index (χ4v) is 1.82. The Morgan fingerprint density at radius 1 is 1.29 bits per heavy atom. The molecule has 0 spiro atoms. The molecule has 1 aromatic rings. The third-order valence-electron chi connectivity index (χ3n) is 2.62. The number of aliphatic carboxylic acids is 1. The molecule has 1 N–H and O–H groups in total. The summed E-state index contributed by atoms with van der Waals surface area (Å²) >= 11 is 0. The summed E-state index contributed by atoms with van der Waals surface area (Å²) in [6.07, 6.45) is 0.495. The highest BCUT2D eigenvalue weighted by Crippen LogP contribution is 2.14. The van der Waals surface area contributed by atoms with Crippen molar-refractivity contribution in [2.45, 2.75) is 45.8 Å². The summed E-state index contributed by atoms with van der Waals surface area (Å²) in [5.74, 6) is -0.899. The second-order valence-electron chi connectivity index (χ2n) is 4.34. The number of ether oxygens (including phenoxy) is 1. The van der Waals surface area contributed by atoms with E-state index in [0.717, 1.165) is 12.0 Å². The number of carboxylic acid groups (broad SMARTS) is 1. The van der Waals surface area contributed by atoms with Gasteiger partial charge in [0.15, 0.2) is 6.10 Å². The summed E-state index contributed by atoms with van der Waals surface area (Å²) in [5, 5.41) is 9.12. The molecule has 1 atom stereocenters. The molecule has 0 amide bonds. The van der Waals surface area contributed by atoms with Gasteiger partial charge < -0.3 is 9.84 Å². The highest BCUT2D eigenvalue weighted by Gasteiger charge is 2.20. The lowest BCUT2D eigenvalue weighted by molar-refractivity contribution is -0.153. The van der Waals surface area contributed by atoms with Crippen LogP contribution >= 0.6 is 0 Å². The molecule has 1 aromatic carbocycles. The molecule has 0 heterocycles. The van der Waals surface area contributed by atoms with Gasteiger partial charge in [0.2, 0.25) is 0 Å². The quantitative estimate of drug-likeness (QED) is 0.826. The molecule has 0 aliphatic rings. The van der Waals surface area contributed by atoms with E-state index in [1.54, 1.807) is 0 Å². The highest BCUT2D eigenvalue weighted by molar-refractivity contribution is 5.72. The molecule has 0 unspecified atom stereocenters. The Balaban J connectivity index is 2.82. The molecular formula is C14H20O3. The van der Waals surface area contributed by atoms with Crippen LogP contribution in [0.4, 0.5) is 0 Å². The van der Waals surface area contributed by atoms with Crippen LogP contribution in [0, 0.1) is 0 Å². The predicted octanol–water partition coefficient (Wildman–Crippen LogP) is 2.67. The van der Waals surface area contributed by atoms with E-state index in [1.807, 2.05) is 38.1 Å². The van der Waals surface area contributed by atoms with E-state index >= 15 is 0 Å². The van der Waals surface area contributed by atoms with Crippen LogP contribution in [-0.4, -0.2) is 23.3 Å². The van der Waals surface area contributed by atoms with Crippen molar-refractivity contribution in [1.29, 1.82) is 0 Å². The molecule has 0 bridgehead atoms. The van der Waals surface area contributed by atoms with Crippen molar-refractivity contribution in [1.82, 2.24) is 0 Å². The molecule has 17 heavy (non-hydrogen) atoms. The molecule has 3 heteroatoms. The van der Waals surface area contributed by atoms with E-state index in [4.69, 9.17) is 9.84 Å².